The minimum absolute atomic E-state index is 0.0211. The van der Waals surface area contributed by atoms with E-state index in [2.05, 4.69) is 20.9 Å². The van der Waals surface area contributed by atoms with Gasteiger partial charge in [-0.1, -0.05) is 51.3 Å². The number of nitrogens with one attached hydrogen (secondary N) is 1. The van der Waals surface area contributed by atoms with E-state index in [0.29, 0.717) is 22.0 Å². The van der Waals surface area contributed by atoms with E-state index in [0.717, 1.165) is 20.9 Å². The van der Waals surface area contributed by atoms with Crippen LogP contribution in [0.25, 0.3) is 10.9 Å². The molecule has 0 unspecified atom stereocenters. The maximum absolute atomic E-state index is 12.5. The van der Waals surface area contributed by atoms with Crippen LogP contribution in [0.2, 0.25) is 10.0 Å². The molecule has 1 heterocycles. The van der Waals surface area contributed by atoms with Crippen LogP contribution in [-0.4, -0.2) is 10.8 Å². The predicted octanol–water partition coefficient (Wildman–Crippen LogP) is 5.66. The van der Waals surface area contributed by atoms with Crippen molar-refractivity contribution in [3.05, 3.63) is 68.2 Å². The highest BCUT2D eigenvalue weighted by molar-refractivity contribution is 9.10. The number of carbonyl (C=O) groups excluding carboxylic acids is 1. The molecule has 1 aromatic heterocycles. The molecule has 0 atom stereocenters. The topological polar surface area (TPSA) is 32.9 Å². The number of benzene rings is 2. The summed E-state index contributed by atoms with van der Waals surface area (Å²) in [6, 6.07) is 11.1. The van der Waals surface area contributed by atoms with E-state index in [1.807, 2.05) is 24.3 Å². The summed E-state index contributed by atoms with van der Waals surface area (Å²) in [7, 11) is 0. The van der Waals surface area contributed by atoms with Gasteiger partial charge in [0.1, 0.15) is 0 Å². The highest BCUT2D eigenvalue weighted by atomic mass is 79.9. The molecule has 0 saturated carbocycles. The minimum atomic E-state index is 0.0211. The Bertz CT molecular complexity index is 824. The molecule has 3 aromatic rings. The highest BCUT2D eigenvalue weighted by Crippen LogP contribution is 2.31. The first-order valence-corrected chi connectivity index (χ1v) is 7.83. The molecule has 2 aromatic carbocycles. The first kappa shape index (κ1) is 14.6. The third kappa shape index (κ3) is 3.00. The highest BCUT2D eigenvalue weighted by Gasteiger charge is 2.15. The molecule has 0 bridgehead atoms. The standard InChI is InChI=1S/C16H10BrCl2NO/c17-10-3-1-9(2-4-10)5-15(21)12-8-20-14-7-11(18)6-13(19)16(12)14/h1-4,6-8,20H,5H2. The number of ketones is 1. The Morgan fingerprint density at radius 1 is 1.14 bits per heavy atom. The van der Waals surface area contributed by atoms with Gasteiger partial charge in [0.05, 0.1) is 5.02 Å². The molecule has 0 fully saturated rings. The van der Waals surface area contributed by atoms with Crippen molar-refractivity contribution >= 4 is 55.8 Å². The van der Waals surface area contributed by atoms with Gasteiger partial charge in [-0.3, -0.25) is 4.79 Å². The molecular weight excluding hydrogens is 373 g/mol. The summed E-state index contributed by atoms with van der Waals surface area (Å²) in [5.41, 5.74) is 2.32. The second kappa shape index (κ2) is 5.84. The molecule has 2 nitrogen and oxygen atoms in total. The lowest BCUT2D eigenvalue weighted by molar-refractivity contribution is 0.0994. The fraction of sp³-hybridized carbons (Fsp3) is 0.0625. The van der Waals surface area contributed by atoms with Crippen LogP contribution in [0.1, 0.15) is 15.9 Å². The van der Waals surface area contributed by atoms with Crippen molar-refractivity contribution in [1.82, 2.24) is 4.98 Å². The fourth-order valence-corrected chi connectivity index (χ4v) is 3.15. The van der Waals surface area contributed by atoms with Gasteiger partial charge in [0.25, 0.3) is 0 Å². The first-order valence-electron chi connectivity index (χ1n) is 6.28. The lowest BCUT2D eigenvalue weighted by Crippen LogP contribution is -2.02. The monoisotopic (exact) mass is 381 g/mol. The molecule has 0 saturated heterocycles. The van der Waals surface area contributed by atoms with E-state index in [9.17, 15) is 4.79 Å². The smallest absolute Gasteiger partial charge is 0.169 e. The molecule has 0 aliphatic heterocycles. The van der Waals surface area contributed by atoms with Crippen LogP contribution >= 0.6 is 39.1 Å². The molecule has 0 spiro atoms. The maximum atomic E-state index is 12.5. The predicted molar refractivity (Wildman–Crippen MR) is 90.5 cm³/mol. The van der Waals surface area contributed by atoms with E-state index >= 15 is 0 Å². The summed E-state index contributed by atoms with van der Waals surface area (Å²) in [4.78, 5) is 15.5. The molecule has 5 heteroatoms. The Morgan fingerprint density at radius 3 is 2.57 bits per heavy atom. The van der Waals surface area contributed by atoms with Gasteiger partial charge in [-0.15, -0.1) is 0 Å². The Kier molecular flexibility index (Phi) is 4.07. The van der Waals surface area contributed by atoms with Crippen molar-refractivity contribution in [2.75, 3.05) is 0 Å². The molecule has 106 valence electrons. The second-order valence-electron chi connectivity index (χ2n) is 4.74. The van der Waals surface area contributed by atoms with Crippen molar-refractivity contribution < 1.29 is 4.79 Å². The molecular formula is C16H10BrCl2NO. The van der Waals surface area contributed by atoms with Gasteiger partial charge in [0.2, 0.25) is 0 Å². The molecule has 0 aliphatic carbocycles. The van der Waals surface area contributed by atoms with E-state index < -0.39 is 0 Å². The van der Waals surface area contributed by atoms with E-state index in [4.69, 9.17) is 23.2 Å². The quantitative estimate of drug-likeness (QED) is 0.582. The molecule has 21 heavy (non-hydrogen) atoms. The Labute approximate surface area is 140 Å². The van der Waals surface area contributed by atoms with Crippen LogP contribution in [0.3, 0.4) is 0 Å². The van der Waals surface area contributed by atoms with Crippen LogP contribution in [0.4, 0.5) is 0 Å². The largest absolute Gasteiger partial charge is 0.360 e. The number of hydrogen-bond acceptors (Lipinski definition) is 1. The summed E-state index contributed by atoms with van der Waals surface area (Å²) in [6.07, 6.45) is 2.02. The van der Waals surface area contributed by atoms with Crippen LogP contribution in [-0.2, 0) is 6.42 Å². The van der Waals surface area contributed by atoms with E-state index in [-0.39, 0.29) is 5.78 Å². The summed E-state index contributed by atoms with van der Waals surface area (Å²) in [6.45, 7) is 0. The number of rotatable bonds is 3. The number of fused-ring (bicyclic) bond motifs is 1. The minimum Gasteiger partial charge on any atom is -0.360 e. The molecule has 1 N–H and O–H groups in total. The van der Waals surface area contributed by atoms with Gasteiger partial charge in [-0.05, 0) is 29.8 Å². The van der Waals surface area contributed by atoms with Crippen molar-refractivity contribution in [2.24, 2.45) is 0 Å². The van der Waals surface area contributed by atoms with Gasteiger partial charge in [-0.25, -0.2) is 0 Å². The summed E-state index contributed by atoms with van der Waals surface area (Å²) >= 11 is 15.6. The van der Waals surface area contributed by atoms with E-state index in [1.165, 1.54) is 0 Å². The maximum Gasteiger partial charge on any atom is 0.169 e. The number of aromatic nitrogens is 1. The zero-order valence-corrected chi connectivity index (χ0v) is 13.9. The Hall–Kier alpha value is -1.29. The second-order valence-corrected chi connectivity index (χ2v) is 6.50. The third-order valence-electron chi connectivity index (χ3n) is 3.27. The summed E-state index contributed by atoms with van der Waals surface area (Å²) in [5.74, 6) is 0.0211. The van der Waals surface area contributed by atoms with Gasteiger partial charge >= 0.3 is 0 Å². The fourth-order valence-electron chi connectivity index (χ4n) is 2.29. The Morgan fingerprint density at radius 2 is 1.86 bits per heavy atom. The van der Waals surface area contributed by atoms with E-state index in [1.54, 1.807) is 18.3 Å². The van der Waals surface area contributed by atoms with Crippen LogP contribution in [0, 0.1) is 0 Å². The van der Waals surface area contributed by atoms with Crippen molar-refractivity contribution in [3.8, 4) is 0 Å². The molecule has 3 rings (SSSR count). The van der Waals surface area contributed by atoms with Gasteiger partial charge in [0.15, 0.2) is 5.78 Å². The van der Waals surface area contributed by atoms with Crippen molar-refractivity contribution in [1.29, 1.82) is 0 Å². The lowest BCUT2D eigenvalue weighted by atomic mass is 10.0. The summed E-state index contributed by atoms with van der Waals surface area (Å²) in [5, 5.41) is 1.75. The average Bonchev–Trinajstić information content (AvgIpc) is 2.85. The lowest BCUT2D eigenvalue weighted by Gasteiger charge is -2.02. The zero-order chi connectivity index (χ0) is 15.0. The number of Topliss-reactive ketones (excluding diaryl/α,β-unsaturated/α-hetero) is 1. The molecule has 0 amide bonds. The number of hydrogen-bond donors (Lipinski definition) is 1. The van der Waals surface area contributed by atoms with Crippen LogP contribution in [0.15, 0.2) is 47.1 Å². The van der Waals surface area contributed by atoms with Crippen molar-refractivity contribution in [2.45, 2.75) is 6.42 Å². The van der Waals surface area contributed by atoms with Crippen molar-refractivity contribution in [3.63, 3.8) is 0 Å². The number of H-pyrrole nitrogens is 1. The first-order chi connectivity index (χ1) is 10.0. The normalized spacial score (nSPS) is 11.0. The average molecular weight is 383 g/mol. The molecule has 0 aliphatic rings. The summed E-state index contributed by atoms with van der Waals surface area (Å²) < 4.78 is 0.989. The number of halogens is 3. The SMILES string of the molecule is O=C(Cc1ccc(Br)cc1)c1c[nH]c2cc(Cl)cc(Cl)c12. The van der Waals surface area contributed by atoms with Crippen LogP contribution < -0.4 is 0 Å². The molecule has 0 radical (unpaired) electrons. The zero-order valence-electron chi connectivity index (χ0n) is 10.8. The number of carbonyl (C=O) groups is 1. The van der Waals surface area contributed by atoms with Gasteiger partial charge in [0, 0.05) is 38.6 Å². The third-order valence-corrected chi connectivity index (χ3v) is 4.32. The van der Waals surface area contributed by atoms with Gasteiger partial charge < -0.3 is 4.98 Å². The number of aromatic amines is 1. The Balaban J connectivity index is 1.96. The van der Waals surface area contributed by atoms with Crippen LogP contribution in [0.5, 0.6) is 0 Å². The van der Waals surface area contributed by atoms with Gasteiger partial charge in [-0.2, -0.15) is 0 Å².